The molecule has 0 unspecified atom stereocenters. The summed E-state index contributed by atoms with van der Waals surface area (Å²) in [5, 5.41) is 15.9. The molecule has 0 atom stereocenters. The van der Waals surface area contributed by atoms with Gasteiger partial charge in [-0.15, -0.1) is 0 Å². The van der Waals surface area contributed by atoms with Crippen LogP contribution < -0.4 is 14.9 Å². The monoisotopic (exact) mass is 350 g/mol. The summed E-state index contributed by atoms with van der Waals surface area (Å²) in [6.07, 6.45) is 1.43. The molecule has 2 N–H and O–H groups in total. The normalized spacial score (nSPS) is 10.8. The number of amides is 1. The molecule has 0 aliphatic carbocycles. The van der Waals surface area contributed by atoms with Crippen LogP contribution in [0.4, 0.5) is 0 Å². The Morgan fingerprint density at radius 1 is 1.04 bits per heavy atom. The van der Waals surface area contributed by atoms with E-state index in [9.17, 15) is 9.90 Å². The number of hydrogen-bond donors (Lipinski definition) is 2. The smallest absolute Gasteiger partial charge is 0.271 e. The first-order chi connectivity index (χ1) is 12.6. The number of phenols is 1. The van der Waals surface area contributed by atoms with Gasteiger partial charge in [0.15, 0.2) is 11.5 Å². The van der Waals surface area contributed by atoms with Crippen LogP contribution in [0.25, 0.3) is 10.8 Å². The standard InChI is InChI=1S/C20H18N2O4/c1-25-18-10-8-14(11-19(18)26-2)20(24)22-21-12-16-15-6-4-3-5-13(15)7-9-17(16)23/h3-12,23H,1-2H3,(H,22,24). The van der Waals surface area contributed by atoms with E-state index in [0.717, 1.165) is 10.8 Å². The minimum Gasteiger partial charge on any atom is -0.507 e. The molecule has 1 amide bonds. The zero-order valence-electron chi connectivity index (χ0n) is 14.4. The van der Waals surface area contributed by atoms with Gasteiger partial charge in [0.05, 0.1) is 20.4 Å². The molecule has 132 valence electrons. The summed E-state index contributed by atoms with van der Waals surface area (Å²) in [7, 11) is 3.03. The second-order valence-corrected chi connectivity index (χ2v) is 5.49. The van der Waals surface area contributed by atoms with Gasteiger partial charge in [-0.3, -0.25) is 4.79 Å². The summed E-state index contributed by atoms with van der Waals surface area (Å²) in [5.74, 6) is 0.679. The number of methoxy groups -OCH3 is 2. The topological polar surface area (TPSA) is 80.2 Å². The zero-order valence-corrected chi connectivity index (χ0v) is 14.4. The SMILES string of the molecule is COc1ccc(C(=O)NN=Cc2c(O)ccc3ccccc23)cc1OC. The van der Waals surface area contributed by atoms with Gasteiger partial charge in [-0.25, -0.2) is 5.43 Å². The highest BCUT2D eigenvalue weighted by Crippen LogP contribution is 2.27. The van der Waals surface area contributed by atoms with E-state index in [-0.39, 0.29) is 5.75 Å². The number of carbonyl (C=O) groups excluding carboxylic acids is 1. The van der Waals surface area contributed by atoms with Crippen molar-refractivity contribution in [2.24, 2.45) is 5.10 Å². The predicted molar refractivity (Wildman–Crippen MR) is 100 cm³/mol. The average molecular weight is 350 g/mol. The molecule has 6 nitrogen and oxygen atoms in total. The Hall–Kier alpha value is -3.54. The predicted octanol–water partition coefficient (Wildman–Crippen LogP) is 3.33. The fourth-order valence-electron chi connectivity index (χ4n) is 2.62. The number of carbonyl (C=O) groups is 1. The van der Waals surface area contributed by atoms with Crippen molar-refractivity contribution in [3.8, 4) is 17.2 Å². The van der Waals surface area contributed by atoms with Crippen molar-refractivity contribution in [2.75, 3.05) is 14.2 Å². The zero-order chi connectivity index (χ0) is 18.5. The lowest BCUT2D eigenvalue weighted by atomic mass is 10.0. The van der Waals surface area contributed by atoms with Crippen molar-refractivity contribution in [3.05, 3.63) is 65.7 Å². The van der Waals surface area contributed by atoms with Crippen LogP contribution in [0, 0.1) is 0 Å². The largest absolute Gasteiger partial charge is 0.507 e. The second-order valence-electron chi connectivity index (χ2n) is 5.49. The number of nitrogens with zero attached hydrogens (tertiary/aromatic N) is 1. The number of benzene rings is 3. The first-order valence-electron chi connectivity index (χ1n) is 7.90. The molecular formula is C20H18N2O4. The van der Waals surface area contributed by atoms with E-state index in [1.807, 2.05) is 30.3 Å². The number of phenolic OH excluding ortho intramolecular Hbond substituents is 1. The van der Waals surface area contributed by atoms with Gasteiger partial charge in [-0.05, 0) is 35.0 Å². The highest BCUT2D eigenvalue weighted by molar-refractivity contribution is 6.03. The Morgan fingerprint density at radius 3 is 2.58 bits per heavy atom. The Balaban J connectivity index is 1.81. The quantitative estimate of drug-likeness (QED) is 0.546. The van der Waals surface area contributed by atoms with Crippen LogP contribution in [0.15, 0.2) is 59.7 Å². The summed E-state index contributed by atoms with van der Waals surface area (Å²) in [5.41, 5.74) is 3.37. The maximum absolute atomic E-state index is 12.3. The van der Waals surface area contributed by atoms with Crippen molar-refractivity contribution in [1.82, 2.24) is 5.43 Å². The maximum Gasteiger partial charge on any atom is 0.271 e. The Morgan fingerprint density at radius 2 is 1.81 bits per heavy atom. The lowest BCUT2D eigenvalue weighted by Gasteiger charge is -2.08. The lowest BCUT2D eigenvalue weighted by Crippen LogP contribution is -2.17. The molecule has 0 spiro atoms. The molecule has 6 heteroatoms. The number of rotatable bonds is 5. The summed E-state index contributed by atoms with van der Waals surface area (Å²) < 4.78 is 10.3. The molecule has 26 heavy (non-hydrogen) atoms. The van der Waals surface area contributed by atoms with Crippen LogP contribution in [-0.4, -0.2) is 31.4 Å². The van der Waals surface area contributed by atoms with Crippen LogP contribution in [0.2, 0.25) is 0 Å². The minimum atomic E-state index is -0.401. The third kappa shape index (κ3) is 3.44. The fourth-order valence-corrected chi connectivity index (χ4v) is 2.62. The van der Waals surface area contributed by atoms with Crippen LogP contribution in [0.1, 0.15) is 15.9 Å². The van der Waals surface area contributed by atoms with E-state index < -0.39 is 5.91 Å². The molecule has 0 aliphatic heterocycles. The molecular weight excluding hydrogens is 332 g/mol. The number of nitrogens with one attached hydrogen (secondary N) is 1. The van der Waals surface area contributed by atoms with E-state index in [0.29, 0.717) is 22.6 Å². The number of ether oxygens (including phenoxy) is 2. The second kappa shape index (κ2) is 7.57. The van der Waals surface area contributed by atoms with E-state index in [1.54, 1.807) is 24.3 Å². The van der Waals surface area contributed by atoms with E-state index in [1.165, 1.54) is 20.4 Å². The van der Waals surface area contributed by atoms with Gasteiger partial charge in [0, 0.05) is 11.1 Å². The summed E-state index contributed by atoms with van der Waals surface area (Å²) in [4.78, 5) is 12.3. The van der Waals surface area contributed by atoms with Crippen LogP contribution in [-0.2, 0) is 0 Å². The first-order valence-corrected chi connectivity index (χ1v) is 7.90. The average Bonchev–Trinajstić information content (AvgIpc) is 2.68. The molecule has 0 saturated carbocycles. The lowest BCUT2D eigenvalue weighted by molar-refractivity contribution is 0.0954. The molecule has 3 aromatic carbocycles. The van der Waals surface area contributed by atoms with Gasteiger partial charge in [0.2, 0.25) is 0 Å². The van der Waals surface area contributed by atoms with Gasteiger partial charge in [0.1, 0.15) is 5.75 Å². The number of fused-ring (bicyclic) bond motifs is 1. The molecule has 0 radical (unpaired) electrons. The van der Waals surface area contributed by atoms with Gasteiger partial charge >= 0.3 is 0 Å². The van der Waals surface area contributed by atoms with Crippen LogP contribution >= 0.6 is 0 Å². The molecule has 0 saturated heterocycles. The first kappa shape index (κ1) is 17.3. The van der Waals surface area contributed by atoms with Crippen LogP contribution in [0.5, 0.6) is 17.2 Å². The molecule has 0 fully saturated rings. The Kier molecular flexibility index (Phi) is 5.03. The van der Waals surface area contributed by atoms with E-state index in [4.69, 9.17) is 9.47 Å². The molecule has 3 rings (SSSR count). The third-order valence-electron chi connectivity index (χ3n) is 3.95. The molecule has 0 heterocycles. The summed E-state index contributed by atoms with van der Waals surface area (Å²) in [6, 6.07) is 15.9. The maximum atomic E-state index is 12.3. The van der Waals surface area contributed by atoms with Gasteiger partial charge in [-0.1, -0.05) is 30.3 Å². The van der Waals surface area contributed by atoms with E-state index in [2.05, 4.69) is 10.5 Å². The van der Waals surface area contributed by atoms with Crippen molar-refractivity contribution < 1.29 is 19.4 Å². The molecule has 0 bridgehead atoms. The highest BCUT2D eigenvalue weighted by Gasteiger charge is 2.10. The van der Waals surface area contributed by atoms with Crippen LogP contribution in [0.3, 0.4) is 0 Å². The highest BCUT2D eigenvalue weighted by atomic mass is 16.5. The molecule has 3 aromatic rings. The van der Waals surface area contributed by atoms with Crippen molar-refractivity contribution in [3.63, 3.8) is 0 Å². The third-order valence-corrected chi connectivity index (χ3v) is 3.95. The van der Waals surface area contributed by atoms with E-state index >= 15 is 0 Å². The van der Waals surface area contributed by atoms with Gasteiger partial charge < -0.3 is 14.6 Å². The summed E-state index contributed by atoms with van der Waals surface area (Å²) in [6.45, 7) is 0. The number of hydrazone groups is 1. The molecule has 0 aromatic heterocycles. The van der Waals surface area contributed by atoms with Crippen molar-refractivity contribution in [2.45, 2.75) is 0 Å². The Labute approximate surface area is 150 Å². The minimum absolute atomic E-state index is 0.0906. The van der Waals surface area contributed by atoms with Gasteiger partial charge in [0.25, 0.3) is 5.91 Å². The fraction of sp³-hybridized carbons (Fsp3) is 0.100. The number of aromatic hydroxyl groups is 1. The van der Waals surface area contributed by atoms with Gasteiger partial charge in [-0.2, -0.15) is 5.10 Å². The van der Waals surface area contributed by atoms with Crippen molar-refractivity contribution >= 4 is 22.9 Å². The summed E-state index contributed by atoms with van der Waals surface area (Å²) >= 11 is 0. The molecule has 0 aliphatic rings. The Bertz CT molecular complexity index is 983. The number of hydrogen-bond acceptors (Lipinski definition) is 5. The van der Waals surface area contributed by atoms with Crippen molar-refractivity contribution in [1.29, 1.82) is 0 Å².